The lowest BCUT2D eigenvalue weighted by atomic mass is 10.2. The number of nitrogens with zero attached hydrogens (tertiary/aromatic N) is 3. The lowest BCUT2D eigenvalue weighted by Gasteiger charge is -2.27. The van der Waals surface area contributed by atoms with E-state index in [0.29, 0.717) is 37.6 Å². The standard InChI is InChI=1S/C23H28N4O4S2/c1-16-8-9-18(14-21(16)33(29,30)27-10-12-31-13-11-27)24-15-22(28)26(3)17(2)23-25-19-6-4-5-7-20(19)32-23/h4-9,14,17,24H,10-13,15H2,1-3H3/t17-/m1/s1. The SMILES string of the molecule is Cc1ccc(NCC(=O)N(C)[C@H](C)c2nc3ccccc3s2)cc1S(=O)(=O)N1CCOCC1. The Hall–Kier alpha value is -2.53. The molecule has 1 saturated heterocycles. The van der Waals surface area contributed by atoms with Gasteiger partial charge in [-0.05, 0) is 43.7 Å². The van der Waals surface area contributed by atoms with Gasteiger partial charge in [-0.3, -0.25) is 4.79 Å². The molecule has 2 aromatic carbocycles. The highest BCUT2D eigenvalue weighted by Gasteiger charge is 2.28. The Morgan fingerprint density at radius 1 is 1.24 bits per heavy atom. The third-order valence-electron chi connectivity index (χ3n) is 5.86. The predicted octanol–water partition coefficient (Wildman–Crippen LogP) is 3.26. The van der Waals surface area contributed by atoms with E-state index in [-0.39, 0.29) is 23.4 Å². The van der Waals surface area contributed by atoms with Gasteiger partial charge >= 0.3 is 0 Å². The Morgan fingerprint density at radius 3 is 2.70 bits per heavy atom. The average molecular weight is 489 g/mol. The van der Waals surface area contributed by atoms with Gasteiger partial charge in [0.2, 0.25) is 15.9 Å². The predicted molar refractivity (Wildman–Crippen MR) is 130 cm³/mol. The molecule has 10 heteroatoms. The molecule has 1 aromatic heterocycles. The van der Waals surface area contributed by atoms with Crippen molar-refractivity contribution in [3.8, 4) is 0 Å². The Balaban J connectivity index is 1.44. The summed E-state index contributed by atoms with van der Waals surface area (Å²) in [7, 11) is -1.87. The van der Waals surface area contributed by atoms with Gasteiger partial charge in [0, 0.05) is 25.8 Å². The number of amides is 1. The fourth-order valence-corrected chi connectivity index (χ4v) is 6.39. The van der Waals surface area contributed by atoms with Crippen LogP contribution in [0.1, 0.15) is 23.5 Å². The van der Waals surface area contributed by atoms with Crippen LogP contribution in [0.2, 0.25) is 0 Å². The lowest BCUT2D eigenvalue weighted by molar-refractivity contribution is -0.129. The summed E-state index contributed by atoms with van der Waals surface area (Å²) in [5, 5.41) is 3.96. The highest BCUT2D eigenvalue weighted by atomic mass is 32.2. The van der Waals surface area contributed by atoms with Crippen LogP contribution < -0.4 is 5.32 Å². The molecule has 1 fully saturated rings. The molecule has 1 N–H and O–H groups in total. The number of aryl methyl sites for hydroxylation is 1. The van der Waals surface area contributed by atoms with Crippen molar-refractivity contribution in [3.05, 3.63) is 53.0 Å². The van der Waals surface area contributed by atoms with Crippen molar-refractivity contribution < 1.29 is 17.9 Å². The number of nitrogens with one attached hydrogen (secondary N) is 1. The van der Waals surface area contributed by atoms with Gasteiger partial charge in [0.1, 0.15) is 5.01 Å². The Morgan fingerprint density at radius 2 is 1.97 bits per heavy atom. The molecule has 0 radical (unpaired) electrons. The lowest BCUT2D eigenvalue weighted by Crippen LogP contribution is -2.40. The minimum Gasteiger partial charge on any atom is -0.379 e. The molecule has 2 heterocycles. The van der Waals surface area contributed by atoms with Crippen LogP contribution in [0, 0.1) is 6.92 Å². The minimum atomic E-state index is -3.62. The van der Waals surface area contributed by atoms with Gasteiger partial charge in [0.15, 0.2) is 0 Å². The van der Waals surface area contributed by atoms with Crippen LogP contribution in [0.15, 0.2) is 47.4 Å². The quantitative estimate of drug-likeness (QED) is 0.549. The molecule has 4 rings (SSSR count). The summed E-state index contributed by atoms with van der Waals surface area (Å²) >= 11 is 1.58. The topological polar surface area (TPSA) is 91.8 Å². The molecule has 1 amide bonds. The first-order chi connectivity index (χ1) is 15.8. The minimum absolute atomic E-state index is 0.0475. The molecule has 0 saturated carbocycles. The van der Waals surface area contributed by atoms with Gasteiger partial charge in [-0.1, -0.05) is 18.2 Å². The maximum Gasteiger partial charge on any atom is 0.243 e. The van der Waals surface area contributed by atoms with Crippen molar-refractivity contribution in [2.75, 3.05) is 45.2 Å². The van der Waals surface area contributed by atoms with Crippen LogP contribution in [0.5, 0.6) is 0 Å². The van der Waals surface area contributed by atoms with E-state index in [4.69, 9.17) is 4.74 Å². The molecule has 0 spiro atoms. The zero-order chi connectivity index (χ0) is 23.6. The molecule has 33 heavy (non-hydrogen) atoms. The van der Waals surface area contributed by atoms with E-state index >= 15 is 0 Å². The van der Waals surface area contributed by atoms with Crippen molar-refractivity contribution in [3.63, 3.8) is 0 Å². The number of thiazole rings is 1. The Labute approximate surface area is 198 Å². The molecule has 3 aromatic rings. The smallest absolute Gasteiger partial charge is 0.243 e. The number of likely N-dealkylation sites (N-methyl/N-ethyl adjacent to an activating group) is 1. The van der Waals surface area contributed by atoms with Crippen LogP contribution >= 0.6 is 11.3 Å². The molecule has 8 nitrogen and oxygen atoms in total. The summed E-state index contributed by atoms with van der Waals surface area (Å²) in [4.78, 5) is 19.4. The normalized spacial score (nSPS) is 16.0. The number of sulfonamides is 1. The highest BCUT2D eigenvalue weighted by molar-refractivity contribution is 7.89. The summed E-state index contributed by atoms with van der Waals surface area (Å²) in [5.74, 6) is -0.111. The number of rotatable bonds is 7. The van der Waals surface area contributed by atoms with E-state index < -0.39 is 10.0 Å². The largest absolute Gasteiger partial charge is 0.379 e. The second-order valence-electron chi connectivity index (χ2n) is 8.05. The molecule has 0 aliphatic carbocycles. The molecule has 1 aliphatic rings. The molecule has 0 unspecified atom stereocenters. The first-order valence-electron chi connectivity index (χ1n) is 10.8. The number of fused-ring (bicyclic) bond motifs is 1. The van der Waals surface area contributed by atoms with E-state index in [0.717, 1.165) is 15.2 Å². The van der Waals surface area contributed by atoms with Gasteiger partial charge in [-0.2, -0.15) is 4.31 Å². The number of hydrogen-bond donors (Lipinski definition) is 1. The van der Waals surface area contributed by atoms with Gasteiger partial charge < -0.3 is 15.0 Å². The summed E-state index contributed by atoms with van der Waals surface area (Å²) in [6, 6.07) is 12.9. The zero-order valence-electron chi connectivity index (χ0n) is 18.9. The molecule has 0 bridgehead atoms. The van der Waals surface area contributed by atoms with Crippen molar-refractivity contribution in [2.24, 2.45) is 0 Å². The molecular weight excluding hydrogens is 460 g/mol. The summed E-state index contributed by atoms with van der Waals surface area (Å²) in [5.41, 5.74) is 2.18. The summed E-state index contributed by atoms with van der Waals surface area (Å²) in [6.45, 7) is 5.24. The maximum atomic E-state index is 13.1. The number of benzene rings is 2. The molecule has 1 atom stereocenters. The van der Waals surface area contributed by atoms with Crippen LogP contribution in [0.25, 0.3) is 10.2 Å². The van der Waals surface area contributed by atoms with Crippen LogP contribution in [0.4, 0.5) is 5.69 Å². The number of hydrogen-bond acceptors (Lipinski definition) is 7. The first kappa shape index (κ1) is 23.6. The first-order valence-corrected chi connectivity index (χ1v) is 13.1. The van der Waals surface area contributed by atoms with E-state index in [1.807, 2.05) is 31.2 Å². The molecule has 176 valence electrons. The van der Waals surface area contributed by atoms with Gasteiger partial charge in [0.05, 0.1) is 40.9 Å². The Kier molecular flexibility index (Phi) is 6.99. The number of carbonyl (C=O) groups is 1. The van der Waals surface area contributed by atoms with Gasteiger partial charge in [-0.25, -0.2) is 13.4 Å². The van der Waals surface area contributed by atoms with Crippen LogP contribution in [-0.2, 0) is 19.6 Å². The van der Waals surface area contributed by atoms with Crippen LogP contribution in [0.3, 0.4) is 0 Å². The third-order valence-corrected chi connectivity index (χ3v) is 9.11. The van der Waals surface area contributed by atoms with Gasteiger partial charge in [0.25, 0.3) is 0 Å². The van der Waals surface area contributed by atoms with Gasteiger partial charge in [-0.15, -0.1) is 11.3 Å². The zero-order valence-corrected chi connectivity index (χ0v) is 20.6. The Bertz CT molecular complexity index is 1220. The number of morpholine rings is 1. The number of carbonyl (C=O) groups excluding carboxylic acids is 1. The third kappa shape index (κ3) is 5.03. The second kappa shape index (κ2) is 9.76. The molecule has 1 aliphatic heterocycles. The van der Waals surface area contributed by atoms with Crippen molar-refractivity contribution >= 4 is 43.2 Å². The van der Waals surface area contributed by atoms with Crippen molar-refractivity contribution in [1.29, 1.82) is 0 Å². The fraction of sp³-hybridized carbons (Fsp3) is 0.391. The number of para-hydroxylation sites is 1. The highest BCUT2D eigenvalue weighted by Crippen LogP contribution is 2.29. The summed E-state index contributed by atoms with van der Waals surface area (Å²) < 4.78 is 34.0. The maximum absolute atomic E-state index is 13.1. The number of anilines is 1. The van der Waals surface area contributed by atoms with Crippen molar-refractivity contribution in [1.82, 2.24) is 14.2 Å². The van der Waals surface area contributed by atoms with E-state index in [9.17, 15) is 13.2 Å². The van der Waals surface area contributed by atoms with E-state index in [2.05, 4.69) is 10.3 Å². The molecular formula is C23H28N4O4S2. The van der Waals surface area contributed by atoms with E-state index in [1.165, 1.54) is 4.31 Å². The monoisotopic (exact) mass is 488 g/mol. The van der Waals surface area contributed by atoms with E-state index in [1.54, 1.807) is 48.4 Å². The van der Waals surface area contributed by atoms with Crippen LogP contribution in [-0.4, -0.2) is 68.4 Å². The summed E-state index contributed by atoms with van der Waals surface area (Å²) in [6.07, 6.45) is 0. The fourth-order valence-electron chi connectivity index (χ4n) is 3.67. The number of ether oxygens (including phenoxy) is 1. The number of aromatic nitrogens is 1. The van der Waals surface area contributed by atoms with Crippen molar-refractivity contribution in [2.45, 2.75) is 24.8 Å². The second-order valence-corrected chi connectivity index (χ2v) is 11.0. The average Bonchev–Trinajstić information content (AvgIpc) is 3.27.